The third-order valence-electron chi connectivity index (χ3n) is 4.64. The van der Waals surface area contributed by atoms with E-state index < -0.39 is 0 Å². The first kappa shape index (κ1) is 21.3. The lowest BCUT2D eigenvalue weighted by molar-refractivity contribution is -0.117. The molecule has 7 heteroatoms. The van der Waals surface area contributed by atoms with Gasteiger partial charge in [0.25, 0.3) is 0 Å². The van der Waals surface area contributed by atoms with Gasteiger partial charge in [0.15, 0.2) is 0 Å². The van der Waals surface area contributed by atoms with Crippen molar-refractivity contribution < 1.29 is 14.3 Å². The van der Waals surface area contributed by atoms with Crippen LogP contribution in [0.5, 0.6) is 0 Å². The molecule has 7 nitrogen and oxygen atoms in total. The minimum atomic E-state index is -0.111. The summed E-state index contributed by atoms with van der Waals surface area (Å²) in [6.07, 6.45) is 1.23. The lowest BCUT2D eigenvalue weighted by Gasteiger charge is -2.32. The first-order valence-electron chi connectivity index (χ1n) is 9.52. The summed E-state index contributed by atoms with van der Waals surface area (Å²) in [4.78, 5) is 28.7. The minimum absolute atomic E-state index is 0.0381. The quantitative estimate of drug-likeness (QED) is 0.725. The molecule has 2 N–H and O–H groups in total. The molecule has 1 aromatic carbocycles. The molecule has 1 heterocycles. The number of morpholine rings is 1. The Morgan fingerprint density at radius 1 is 1.15 bits per heavy atom. The molecule has 0 saturated carbocycles. The lowest BCUT2D eigenvalue weighted by Crippen LogP contribution is -2.42. The molecule has 2 amide bonds. The van der Waals surface area contributed by atoms with Crippen LogP contribution in [0.15, 0.2) is 18.2 Å². The Kier molecular flexibility index (Phi) is 8.22. The monoisotopic (exact) mass is 376 g/mol. The number of aryl methyl sites for hydroxylation is 1. The van der Waals surface area contributed by atoms with E-state index in [0.717, 1.165) is 38.3 Å². The van der Waals surface area contributed by atoms with Crippen molar-refractivity contribution in [3.05, 3.63) is 23.8 Å². The molecule has 150 valence electrons. The van der Waals surface area contributed by atoms with Crippen molar-refractivity contribution in [2.75, 3.05) is 57.6 Å². The van der Waals surface area contributed by atoms with E-state index in [1.807, 2.05) is 39.2 Å². The molecular formula is C20H32N4O3. The summed E-state index contributed by atoms with van der Waals surface area (Å²) in [6.45, 7) is 7.76. The lowest BCUT2D eigenvalue weighted by atomic mass is 10.1. The van der Waals surface area contributed by atoms with Crippen LogP contribution in [0.1, 0.15) is 25.3 Å². The average molecular weight is 377 g/mol. The summed E-state index contributed by atoms with van der Waals surface area (Å²) in [7, 11) is 3.68. The second-order valence-electron chi connectivity index (χ2n) is 7.42. The van der Waals surface area contributed by atoms with Gasteiger partial charge in [-0.15, -0.1) is 0 Å². The summed E-state index contributed by atoms with van der Waals surface area (Å²) in [5.74, 6) is -0.149. The number of carbonyl (C=O) groups is 2. The Balaban J connectivity index is 1.91. The molecule has 1 aliphatic rings. The van der Waals surface area contributed by atoms with E-state index in [9.17, 15) is 9.59 Å². The van der Waals surface area contributed by atoms with Gasteiger partial charge in [-0.25, -0.2) is 0 Å². The molecule has 0 radical (unpaired) electrons. The maximum Gasteiger partial charge on any atom is 0.238 e. The summed E-state index contributed by atoms with van der Waals surface area (Å²) in [6, 6.07) is 5.97. The van der Waals surface area contributed by atoms with Crippen LogP contribution in [0.4, 0.5) is 11.4 Å². The standard InChI is InChI=1S/C20H32N4O3/c1-15-5-7-17(21-20(26)14-23(3)4)18(13-15)22-19(25)8-6-16(2)24-9-11-27-12-10-24/h5,7,13,16H,6,8-12,14H2,1-4H3,(H,21,26)(H,22,25). The molecule has 1 unspecified atom stereocenters. The predicted molar refractivity (Wildman–Crippen MR) is 108 cm³/mol. The number of amides is 2. The second kappa shape index (κ2) is 10.4. The number of rotatable bonds is 8. The van der Waals surface area contributed by atoms with Crippen LogP contribution in [-0.4, -0.2) is 74.6 Å². The van der Waals surface area contributed by atoms with Gasteiger partial charge in [0.2, 0.25) is 11.8 Å². The summed E-state index contributed by atoms with van der Waals surface area (Å²) < 4.78 is 5.38. The molecule has 0 bridgehead atoms. The highest BCUT2D eigenvalue weighted by Crippen LogP contribution is 2.23. The number of hydrogen-bond donors (Lipinski definition) is 2. The van der Waals surface area contributed by atoms with Crippen molar-refractivity contribution in [3.8, 4) is 0 Å². The van der Waals surface area contributed by atoms with Gasteiger partial charge in [-0.1, -0.05) is 6.07 Å². The Labute approximate surface area is 162 Å². The summed E-state index contributed by atoms with van der Waals surface area (Å²) in [5, 5.41) is 5.83. The Morgan fingerprint density at radius 2 is 1.81 bits per heavy atom. The zero-order chi connectivity index (χ0) is 19.8. The zero-order valence-corrected chi connectivity index (χ0v) is 16.9. The third kappa shape index (κ3) is 7.28. The predicted octanol–water partition coefficient (Wildman–Crippen LogP) is 1.93. The normalized spacial score (nSPS) is 16.2. The van der Waals surface area contributed by atoms with Gasteiger partial charge in [-0.3, -0.25) is 14.5 Å². The first-order valence-corrected chi connectivity index (χ1v) is 9.52. The molecule has 1 atom stereocenters. The number of nitrogens with one attached hydrogen (secondary N) is 2. The largest absolute Gasteiger partial charge is 0.379 e. The maximum absolute atomic E-state index is 12.5. The first-order chi connectivity index (χ1) is 12.8. The SMILES string of the molecule is Cc1ccc(NC(=O)CN(C)C)c(NC(=O)CCC(C)N2CCOCC2)c1. The fraction of sp³-hybridized carbons (Fsp3) is 0.600. The fourth-order valence-corrected chi connectivity index (χ4v) is 3.10. The van der Waals surface area contributed by atoms with Crippen LogP contribution in [0.2, 0.25) is 0 Å². The van der Waals surface area contributed by atoms with E-state index in [0.29, 0.717) is 30.4 Å². The number of likely N-dealkylation sites (N-methyl/N-ethyl adjacent to an activating group) is 1. The van der Waals surface area contributed by atoms with Gasteiger partial charge in [-0.2, -0.15) is 0 Å². The van der Waals surface area contributed by atoms with Crippen LogP contribution in [-0.2, 0) is 14.3 Å². The summed E-state index contributed by atoms with van der Waals surface area (Å²) >= 11 is 0. The minimum Gasteiger partial charge on any atom is -0.379 e. The van der Waals surface area contributed by atoms with Gasteiger partial charge >= 0.3 is 0 Å². The highest BCUT2D eigenvalue weighted by Gasteiger charge is 2.18. The van der Waals surface area contributed by atoms with Crippen molar-refractivity contribution in [2.24, 2.45) is 0 Å². The third-order valence-corrected chi connectivity index (χ3v) is 4.64. The van der Waals surface area contributed by atoms with Crippen LogP contribution in [0.25, 0.3) is 0 Å². The van der Waals surface area contributed by atoms with E-state index in [4.69, 9.17) is 4.74 Å². The van der Waals surface area contributed by atoms with Gasteiger partial charge in [0.05, 0.1) is 31.1 Å². The molecular weight excluding hydrogens is 344 g/mol. The van der Waals surface area contributed by atoms with Gasteiger partial charge in [-0.05, 0) is 52.1 Å². The zero-order valence-electron chi connectivity index (χ0n) is 16.9. The number of benzene rings is 1. The van der Waals surface area contributed by atoms with Gasteiger partial charge in [0.1, 0.15) is 0 Å². The Morgan fingerprint density at radius 3 is 2.48 bits per heavy atom. The maximum atomic E-state index is 12.5. The van der Waals surface area contributed by atoms with Crippen LogP contribution < -0.4 is 10.6 Å². The van der Waals surface area contributed by atoms with Crippen molar-refractivity contribution in [1.82, 2.24) is 9.80 Å². The number of anilines is 2. The van der Waals surface area contributed by atoms with E-state index in [2.05, 4.69) is 22.5 Å². The number of hydrogen-bond acceptors (Lipinski definition) is 5. The molecule has 0 aliphatic carbocycles. The van der Waals surface area contributed by atoms with Crippen LogP contribution >= 0.6 is 0 Å². The van der Waals surface area contributed by atoms with E-state index >= 15 is 0 Å². The second-order valence-corrected chi connectivity index (χ2v) is 7.42. The molecule has 1 fully saturated rings. The average Bonchev–Trinajstić information content (AvgIpc) is 2.62. The topological polar surface area (TPSA) is 73.9 Å². The fourth-order valence-electron chi connectivity index (χ4n) is 3.10. The molecule has 0 aromatic heterocycles. The van der Waals surface area contributed by atoms with Crippen LogP contribution in [0.3, 0.4) is 0 Å². The molecule has 1 saturated heterocycles. The van der Waals surface area contributed by atoms with E-state index in [1.165, 1.54) is 0 Å². The molecule has 2 rings (SSSR count). The molecule has 1 aliphatic heterocycles. The van der Waals surface area contributed by atoms with Crippen LogP contribution in [0, 0.1) is 6.92 Å². The smallest absolute Gasteiger partial charge is 0.238 e. The van der Waals surface area contributed by atoms with Crippen molar-refractivity contribution in [2.45, 2.75) is 32.7 Å². The Hall–Kier alpha value is -1.96. The number of carbonyl (C=O) groups excluding carboxylic acids is 2. The number of nitrogens with zero attached hydrogens (tertiary/aromatic N) is 2. The number of ether oxygens (including phenoxy) is 1. The highest BCUT2D eigenvalue weighted by molar-refractivity contribution is 6.00. The highest BCUT2D eigenvalue weighted by atomic mass is 16.5. The molecule has 0 spiro atoms. The summed E-state index contributed by atoms with van der Waals surface area (Å²) in [5.41, 5.74) is 2.30. The molecule has 1 aromatic rings. The van der Waals surface area contributed by atoms with Crippen molar-refractivity contribution >= 4 is 23.2 Å². The van der Waals surface area contributed by atoms with E-state index in [-0.39, 0.29) is 11.8 Å². The molecule has 27 heavy (non-hydrogen) atoms. The van der Waals surface area contributed by atoms with Gasteiger partial charge in [0, 0.05) is 25.6 Å². The van der Waals surface area contributed by atoms with E-state index in [1.54, 1.807) is 4.90 Å². The van der Waals surface area contributed by atoms with Crippen molar-refractivity contribution in [3.63, 3.8) is 0 Å². The van der Waals surface area contributed by atoms with Gasteiger partial charge < -0.3 is 20.3 Å². The van der Waals surface area contributed by atoms with Crippen molar-refractivity contribution in [1.29, 1.82) is 0 Å². The Bertz CT molecular complexity index is 642.